The fourth-order valence-electron chi connectivity index (χ4n) is 2.41. The average Bonchev–Trinajstić information content (AvgIpc) is 2.68. The quantitative estimate of drug-likeness (QED) is 0.304. The number of hydrogen-bond acceptors (Lipinski definition) is 9. The largest absolute Gasteiger partial charge is 0.506 e. The van der Waals surface area contributed by atoms with Gasteiger partial charge in [-0.25, -0.2) is 0 Å². The Balaban J connectivity index is 2.27. The number of fused-ring (bicyclic) bond motifs is 1. The molecule has 3 aromatic rings. The van der Waals surface area contributed by atoms with E-state index in [0.29, 0.717) is 10.1 Å². The molecule has 0 fully saturated rings. The standard InChI is InChI=1S/C17H8N4O6S/c18-8-13(17-19-16(23)12-3-1-2-4-14(12)28-17)15(22)9-5-10(20(24)25)7-11(6-9)21(26)27/h1-7,22H. The maximum absolute atomic E-state index is 12.2. The van der Waals surface area contributed by atoms with Gasteiger partial charge in [-0.3, -0.25) is 25.0 Å². The molecule has 2 aromatic carbocycles. The zero-order chi connectivity index (χ0) is 20.4. The fourth-order valence-corrected chi connectivity index (χ4v) is 3.40. The second-order valence-corrected chi connectivity index (χ2v) is 6.44. The number of rotatable bonds is 4. The molecule has 10 nitrogen and oxygen atoms in total. The van der Waals surface area contributed by atoms with Crippen LogP contribution in [0.25, 0.3) is 21.4 Å². The first-order valence-corrected chi connectivity index (χ1v) is 8.31. The van der Waals surface area contributed by atoms with Gasteiger partial charge in [0.1, 0.15) is 22.4 Å². The van der Waals surface area contributed by atoms with E-state index >= 15 is 0 Å². The molecule has 11 heteroatoms. The molecule has 0 aliphatic heterocycles. The molecule has 1 heterocycles. The number of nitrogens with zero attached hydrogens (tertiary/aromatic N) is 4. The average molecular weight is 396 g/mol. The van der Waals surface area contributed by atoms with Gasteiger partial charge < -0.3 is 5.11 Å². The second-order valence-electron chi connectivity index (χ2n) is 5.41. The van der Waals surface area contributed by atoms with Crippen LogP contribution in [-0.4, -0.2) is 19.9 Å². The summed E-state index contributed by atoms with van der Waals surface area (Å²) in [4.78, 5) is 36.3. The van der Waals surface area contributed by atoms with Gasteiger partial charge in [0, 0.05) is 22.4 Å². The Labute approximate surface area is 159 Å². The first-order valence-electron chi connectivity index (χ1n) is 7.49. The topological polar surface area (TPSA) is 160 Å². The van der Waals surface area contributed by atoms with Crippen LogP contribution in [0.4, 0.5) is 11.4 Å². The highest BCUT2D eigenvalue weighted by atomic mass is 32.1. The molecule has 0 radical (unpaired) electrons. The first kappa shape index (κ1) is 18.6. The molecular formula is C17H8N4O6S. The maximum atomic E-state index is 12.2. The van der Waals surface area contributed by atoms with Gasteiger partial charge in [-0.2, -0.15) is 10.2 Å². The Bertz CT molecular complexity index is 1240. The lowest BCUT2D eigenvalue weighted by Gasteiger charge is -2.05. The molecule has 3 rings (SSSR count). The Morgan fingerprint density at radius 1 is 1.11 bits per heavy atom. The smallest absolute Gasteiger partial charge is 0.279 e. The van der Waals surface area contributed by atoms with E-state index in [9.17, 15) is 35.4 Å². The summed E-state index contributed by atoms with van der Waals surface area (Å²) in [6.45, 7) is 0. The van der Waals surface area contributed by atoms with Gasteiger partial charge in [-0.05, 0) is 12.1 Å². The molecule has 0 aliphatic rings. The molecule has 0 saturated heterocycles. The molecule has 0 bridgehead atoms. The Morgan fingerprint density at radius 2 is 1.71 bits per heavy atom. The van der Waals surface area contributed by atoms with Gasteiger partial charge in [-0.1, -0.05) is 12.1 Å². The molecule has 1 aromatic heterocycles. The van der Waals surface area contributed by atoms with Crippen LogP contribution in [0.2, 0.25) is 0 Å². The van der Waals surface area contributed by atoms with Crippen LogP contribution in [0.5, 0.6) is 0 Å². The Kier molecular flexibility index (Phi) is 4.80. The molecule has 28 heavy (non-hydrogen) atoms. The molecule has 0 atom stereocenters. The van der Waals surface area contributed by atoms with Crippen LogP contribution in [0.3, 0.4) is 0 Å². The van der Waals surface area contributed by atoms with Crippen LogP contribution in [0.1, 0.15) is 10.6 Å². The Hall–Kier alpha value is -4.17. The summed E-state index contributed by atoms with van der Waals surface area (Å²) in [6, 6.07) is 10.8. The van der Waals surface area contributed by atoms with Crippen LogP contribution in [0.15, 0.2) is 47.3 Å². The number of aromatic nitrogens is 1. The van der Waals surface area contributed by atoms with Crippen molar-refractivity contribution in [2.75, 3.05) is 0 Å². The van der Waals surface area contributed by atoms with Crippen molar-refractivity contribution in [3.63, 3.8) is 0 Å². The van der Waals surface area contributed by atoms with Crippen LogP contribution in [-0.2, 0) is 0 Å². The van der Waals surface area contributed by atoms with E-state index in [1.54, 1.807) is 30.3 Å². The summed E-state index contributed by atoms with van der Waals surface area (Å²) in [5.41, 5.74) is -2.62. The van der Waals surface area contributed by atoms with Crippen molar-refractivity contribution in [2.24, 2.45) is 0 Å². The van der Waals surface area contributed by atoms with Crippen LogP contribution in [0, 0.1) is 31.6 Å². The van der Waals surface area contributed by atoms with E-state index < -0.39 is 38.1 Å². The molecule has 0 spiro atoms. The van der Waals surface area contributed by atoms with Crippen molar-refractivity contribution in [1.29, 1.82) is 5.26 Å². The highest BCUT2D eigenvalue weighted by Gasteiger charge is 2.21. The van der Waals surface area contributed by atoms with Crippen molar-refractivity contribution in [3.05, 3.63) is 83.6 Å². The monoisotopic (exact) mass is 396 g/mol. The number of nitro groups is 2. The first-order chi connectivity index (χ1) is 13.3. The third-order valence-corrected chi connectivity index (χ3v) is 4.75. The lowest BCUT2D eigenvalue weighted by Crippen LogP contribution is -2.07. The van der Waals surface area contributed by atoms with Crippen molar-refractivity contribution in [1.82, 2.24) is 4.98 Å². The summed E-state index contributed by atoms with van der Waals surface area (Å²) >= 11 is 0.958. The van der Waals surface area contributed by atoms with Crippen LogP contribution >= 0.6 is 11.3 Å². The number of aliphatic hydroxyl groups is 1. The van der Waals surface area contributed by atoms with E-state index in [1.165, 1.54) is 0 Å². The maximum Gasteiger partial charge on any atom is 0.279 e. The number of hydrogen-bond donors (Lipinski definition) is 1. The Morgan fingerprint density at radius 3 is 2.29 bits per heavy atom. The highest BCUT2D eigenvalue weighted by molar-refractivity contribution is 7.19. The number of allylic oxidation sites excluding steroid dienone is 1. The zero-order valence-electron chi connectivity index (χ0n) is 13.7. The number of aliphatic hydroxyl groups excluding tert-OH is 1. The molecule has 138 valence electrons. The van der Waals surface area contributed by atoms with Gasteiger partial charge in [0.25, 0.3) is 16.9 Å². The van der Waals surface area contributed by atoms with Gasteiger partial charge in [-0.15, -0.1) is 11.3 Å². The molecule has 1 N–H and O–H groups in total. The predicted molar refractivity (Wildman–Crippen MR) is 101 cm³/mol. The van der Waals surface area contributed by atoms with E-state index in [0.717, 1.165) is 29.5 Å². The predicted octanol–water partition coefficient (Wildman–Crippen LogP) is 3.42. The molecule has 0 aliphatic carbocycles. The zero-order valence-corrected chi connectivity index (χ0v) is 14.5. The molecule has 0 saturated carbocycles. The number of non-ortho nitro benzene ring substituents is 2. The lowest BCUT2D eigenvalue weighted by molar-refractivity contribution is -0.394. The van der Waals surface area contributed by atoms with Crippen LogP contribution < -0.4 is 5.56 Å². The third kappa shape index (κ3) is 3.39. The van der Waals surface area contributed by atoms with E-state index in [-0.39, 0.29) is 10.6 Å². The normalized spacial score (nSPS) is 11.5. The van der Waals surface area contributed by atoms with Crippen molar-refractivity contribution in [2.45, 2.75) is 0 Å². The molecular weight excluding hydrogens is 388 g/mol. The van der Waals surface area contributed by atoms with Crippen molar-refractivity contribution >= 4 is 44.1 Å². The highest BCUT2D eigenvalue weighted by Crippen LogP contribution is 2.31. The minimum absolute atomic E-state index is 0.113. The lowest BCUT2D eigenvalue weighted by atomic mass is 10.1. The van der Waals surface area contributed by atoms with Gasteiger partial charge in [0.2, 0.25) is 0 Å². The summed E-state index contributed by atoms with van der Waals surface area (Å²) in [5, 5.41) is 42.2. The fraction of sp³-hybridized carbons (Fsp3) is 0. The summed E-state index contributed by atoms with van der Waals surface area (Å²) in [7, 11) is 0. The summed E-state index contributed by atoms with van der Waals surface area (Å²) in [5.74, 6) is -0.757. The minimum Gasteiger partial charge on any atom is -0.506 e. The van der Waals surface area contributed by atoms with Gasteiger partial charge in [0.15, 0.2) is 0 Å². The third-order valence-electron chi connectivity index (χ3n) is 3.69. The van der Waals surface area contributed by atoms with E-state index in [2.05, 4.69) is 4.98 Å². The summed E-state index contributed by atoms with van der Waals surface area (Å²) in [6.07, 6.45) is 0. The molecule has 0 unspecified atom stereocenters. The number of benzene rings is 2. The van der Waals surface area contributed by atoms with Gasteiger partial charge in [0.05, 0.1) is 21.3 Å². The molecule has 0 amide bonds. The SMILES string of the molecule is N#CC(=C(O)c1cc([N+](=O)[O-])cc([N+](=O)[O-])c1)c1nc(=O)c2ccccc2s1. The van der Waals surface area contributed by atoms with Crippen molar-refractivity contribution < 1.29 is 15.0 Å². The second kappa shape index (κ2) is 7.22. The van der Waals surface area contributed by atoms with Gasteiger partial charge >= 0.3 is 0 Å². The van der Waals surface area contributed by atoms with E-state index in [4.69, 9.17) is 0 Å². The minimum atomic E-state index is -0.859. The van der Waals surface area contributed by atoms with E-state index in [1.807, 2.05) is 0 Å². The number of nitriles is 1. The van der Waals surface area contributed by atoms with Crippen molar-refractivity contribution in [3.8, 4) is 6.07 Å². The summed E-state index contributed by atoms with van der Waals surface area (Å²) < 4.78 is 0.517. The number of nitro benzene ring substituents is 2.